The van der Waals surface area contributed by atoms with Crippen LogP contribution in [-0.4, -0.2) is 32.5 Å². The first-order valence-electron chi connectivity index (χ1n) is 6.93. The van der Waals surface area contributed by atoms with Gasteiger partial charge in [-0.15, -0.1) is 11.3 Å². The Hall–Kier alpha value is -1.37. The molecular formula is C14H16ClN3O2S. The van der Waals surface area contributed by atoms with E-state index in [4.69, 9.17) is 11.6 Å². The maximum Gasteiger partial charge on any atom is 0.244 e. The van der Waals surface area contributed by atoms with Crippen molar-refractivity contribution >= 4 is 39.9 Å². The minimum atomic E-state index is -0.446. The monoisotopic (exact) mass is 325 g/mol. The van der Waals surface area contributed by atoms with Crippen molar-refractivity contribution in [1.82, 2.24) is 14.7 Å². The first-order valence-corrected chi connectivity index (χ1v) is 8.18. The van der Waals surface area contributed by atoms with Gasteiger partial charge in [0.2, 0.25) is 5.91 Å². The number of hydrogen-bond donors (Lipinski definition) is 2. The largest absolute Gasteiger partial charge is 0.391 e. The number of thiazole rings is 1. The van der Waals surface area contributed by atoms with E-state index in [-0.39, 0.29) is 11.9 Å². The number of nitrogens with zero attached hydrogens (tertiary/aromatic N) is 2. The molecule has 0 aliphatic heterocycles. The first kappa shape index (κ1) is 14.6. The van der Waals surface area contributed by atoms with E-state index in [1.54, 1.807) is 6.08 Å². The molecule has 1 saturated carbocycles. The van der Waals surface area contributed by atoms with E-state index < -0.39 is 6.10 Å². The molecule has 5 nitrogen and oxygen atoms in total. The molecule has 2 atom stereocenters. The molecule has 0 radical (unpaired) electrons. The quantitative estimate of drug-likeness (QED) is 0.852. The van der Waals surface area contributed by atoms with Crippen molar-refractivity contribution in [3.63, 3.8) is 0 Å². The number of aliphatic hydroxyl groups excluding tert-OH is 1. The Bertz CT molecular complexity index is 679. The molecule has 0 unspecified atom stereocenters. The van der Waals surface area contributed by atoms with Gasteiger partial charge in [0, 0.05) is 17.7 Å². The molecule has 112 valence electrons. The van der Waals surface area contributed by atoms with Crippen molar-refractivity contribution in [1.29, 1.82) is 0 Å². The van der Waals surface area contributed by atoms with Crippen LogP contribution < -0.4 is 5.32 Å². The van der Waals surface area contributed by atoms with E-state index in [9.17, 15) is 9.90 Å². The number of carbonyl (C=O) groups excluding carboxylic acids is 1. The lowest BCUT2D eigenvalue weighted by molar-refractivity contribution is -0.118. The smallest absolute Gasteiger partial charge is 0.244 e. The topological polar surface area (TPSA) is 66.6 Å². The maximum absolute atomic E-state index is 12.0. The van der Waals surface area contributed by atoms with Crippen molar-refractivity contribution in [3.8, 4) is 0 Å². The van der Waals surface area contributed by atoms with Crippen molar-refractivity contribution < 1.29 is 9.90 Å². The third-order valence-corrected chi connectivity index (χ3v) is 4.74. The predicted octanol–water partition coefficient (Wildman–Crippen LogP) is 2.48. The van der Waals surface area contributed by atoms with Gasteiger partial charge in [-0.1, -0.05) is 24.4 Å². The van der Waals surface area contributed by atoms with Crippen molar-refractivity contribution in [3.05, 3.63) is 28.5 Å². The molecule has 0 saturated heterocycles. The highest BCUT2D eigenvalue weighted by Gasteiger charge is 2.23. The van der Waals surface area contributed by atoms with Crippen LogP contribution in [0.4, 0.5) is 0 Å². The SMILES string of the molecule is O=C(/C=C/c1c(Cl)nc2sccn12)N[C@@H]1CCCC[C@H]1O. The highest BCUT2D eigenvalue weighted by atomic mass is 35.5. The van der Waals surface area contributed by atoms with Crippen LogP contribution in [0.5, 0.6) is 0 Å². The Labute approximate surface area is 131 Å². The normalized spacial score (nSPS) is 23.0. The van der Waals surface area contributed by atoms with Gasteiger partial charge in [0.1, 0.15) is 0 Å². The summed E-state index contributed by atoms with van der Waals surface area (Å²) in [5, 5.41) is 15.0. The fraction of sp³-hybridized carbons (Fsp3) is 0.429. The van der Waals surface area contributed by atoms with Crippen molar-refractivity contribution in [2.45, 2.75) is 37.8 Å². The Morgan fingerprint density at radius 3 is 3.14 bits per heavy atom. The minimum absolute atomic E-state index is 0.155. The summed E-state index contributed by atoms with van der Waals surface area (Å²) in [7, 11) is 0. The fourth-order valence-corrected chi connectivity index (χ4v) is 3.60. The number of amides is 1. The zero-order chi connectivity index (χ0) is 14.8. The van der Waals surface area contributed by atoms with E-state index in [0.29, 0.717) is 10.8 Å². The molecule has 1 amide bonds. The molecule has 2 N–H and O–H groups in total. The van der Waals surface area contributed by atoms with Crippen LogP contribution in [0.3, 0.4) is 0 Å². The summed E-state index contributed by atoms with van der Waals surface area (Å²) in [6.45, 7) is 0. The van der Waals surface area contributed by atoms with E-state index in [1.165, 1.54) is 17.4 Å². The minimum Gasteiger partial charge on any atom is -0.391 e. The van der Waals surface area contributed by atoms with Crippen molar-refractivity contribution in [2.24, 2.45) is 0 Å². The van der Waals surface area contributed by atoms with Gasteiger partial charge in [-0.2, -0.15) is 0 Å². The standard InChI is InChI=1S/C14H16ClN3O2S/c15-13-10(18-7-8-21-14(18)17-13)5-6-12(20)16-9-3-1-2-4-11(9)19/h5-9,11,19H,1-4H2,(H,16,20)/b6-5+/t9-,11-/m1/s1. The summed E-state index contributed by atoms with van der Waals surface area (Å²) in [4.78, 5) is 17.0. The summed E-state index contributed by atoms with van der Waals surface area (Å²) >= 11 is 7.54. The Balaban J connectivity index is 1.69. The Morgan fingerprint density at radius 2 is 2.33 bits per heavy atom. The molecule has 3 rings (SSSR count). The summed E-state index contributed by atoms with van der Waals surface area (Å²) in [6, 6.07) is -0.155. The number of aromatic nitrogens is 2. The average molecular weight is 326 g/mol. The van der Waals surface area contributed by atoms with Gasteiger partial charge < -0.3 is 10.4 Å². The Kier molecular flexibility index (Phi) is 4.28. The van der Waals surface area contributed by atoms with Crippen LogP contribution in [0.2, 0.25) is 5.15 Å². The number of rotatable bonds is 3. The van der Waals surface area contributed by atoms with Gasteiger partial charge in [-0.25, -0.2) is 4.98 Å². The maximum atomic E-state index is 12.0. The molecule has 1 aliphatic carbocycles. The number of fused-ring (bicyclic) bond motifs is 1. The van der Waals surface area contributed by atoms with Crippen LogP contribution in [0, 0.1) is 0 Å². The second-order valence-electron chi connectivity index (χ2n) is 5.14. The van der Waals surface area contributed by atoms with Gasteiger partial charge in [0.05, 0.1) is 17.8 Å². The van der Waals surface area contributed by atoms with Crippen LogP contribution in [0.15, 0.2) is 17.7 Å². The zero-order valence-electron chi connectivity index (χ0n) is 11.3. The van der Waals surface area contributed by atoms with Gasteiger partial charge in [0.25, 0.3) is 0 Å². The summed E-state index contributed by atoms with van der Waals surface area (Å²) in [5.74, 6) is -0.220. The van der Waals surface area contributed by atoms with Crippen molar-refractivity contribution in [2.75, 3.05) is 0 Å². The second-order valence-corrected chi connectivity index (χ2v) is 6.37. The molecule has 0 aromatic carbocycles. The number of nitrogens with one attached hydrogen (secondary N) is 1. The van der Waals surface area contributed by atoms with E-state index in [2.05, 4.69) is 10.3 Å². The molecular weight excluding hydrogens is 310 g/mol. The zero-order valence-corrected chi connectivity index (χ0v) is 12.9. The molecule has 1 fully saturated rings. The van der Waals surface area contributed by atoms with Gasteiger partial charge in [-0.3, -0.25) is 9.20 Å². The van der Waals surface area contributed by atoms with Gasteiger partial charge >= 0.3 is 0 Å². The van der Waals surface area contributed by atoms with Gasteiger partial charge in [-0.05, 0) is 18.9 Å². The highest BCUT2D eigenvalue weighted by molar-refractivity contribution is 7.15. The summed E-state index contributed by atoms with van der Waals surface area (Å²) in [6.07, 6.45) is 8.13. The average Bonchev–Trinajstić information content (AvgIpc) is 3.00. The lowest BCUT2D eigenvalue weighted by Gasteiger charge is -2.27. The number of carbonyl (C=O) groups is 1. The number of imidazole rings is 1. The summed E-state index contributed by atoms with van der Waals surface area (Å²) < 4.78 is 1.84. The lowest BCUT2D eigenvalue weighted by Crippen LogP contribution is -2.44. The van der Waals surface area contributed by atoms with E-state index >= 15 is 0 Å². The third kappa shape index (κ3) is 3.12. The first-order chi connectivity index (χ1) is 10.1. The van der Waals surface area contributed by atoms with Crippen LogP contribution in [-0.2, 0) is 4.79 Å². The lowest BCUT2D eigenvalue weighted by atomic mass is 9.92. The van der Waals surface area contributed by atoms with Crippen LogP contribution in [0.25, 0.3) is 11.0 Å². The number of halogens is 1. The molecule has 0 bridgehead atoms. The second kappa shape index (κ2) is 6.17. The molecule has 1 aliphatic rings. The molecule has 7 heteroatoms. The predicted molar refractivity (Wildman–Crippen MR) is 83.5 cm³/mol. The molecule has 2 heterocycles. The Morgan fingerprint density at radius 1 is 1.52 bits per heavy atom. The van der Waals surface area contributed by atoms with E-state index in [1.807, 2.05) is 16.0 Å². The number of aliphatic hydroxyl groups is 1. The van der Waals surface area contributed by atoms with Gasteiger partial charge in [0.15, 0.2) is 10.1 Å². The fourth-order valence-electron chi connectivity index (χ4n) is 2.59. The third-order valence-electron chi connectivity index (χ3n) is 3.70. The summed E-state index contributed by atoms with van der Waals surface area (Å²) in [5.41, 5.74) is 0.687. The molecule has 0 spiro atoms. The van der Waals surface area contributed by atoms with Crippen LogP contribution >= 0.6 is 22.9 Å². The number of hydrogen-bond acceptors (Lipinski definition) is 4. The molecule has 2 aromatic heterocycles. The van der Waals surface area contributed by atoms with Crippen LogP contribution in [0.1, 0.15) is 31.4 Å². The highest BCUT2D eigenvalue weighted by Crippen LogP contribution is 2.22. The van der Waals surface area contributed by atoms with E-state index in [0.717, 1.165) is 30.6 Å². The molecule has 2 aromatic rings. The molecule has 21 heavy (non-hydrogen) atoms.